The van der Waals surface area contributed by atoms with E-state index >= 15 is 0 Å². The van der Waals surface area contributed by atoms with Crippen molar-refractivity contribution in [2.45, 2.75) is 46.1 Å². The van der Waals surface area contributed by atoms with Crippen LogP contribution in [0.3, 0.4) is 0 Å². The van der Waals surface area contributed by atoms with Crippen LogP contribution < -0.4 is 15.0 Å². The fourth-order valence-corrected chi connectivity index (χ4v) is 5.78. The van der Waals surface area contributed by atoms with Crippen LogP contribution in [0.15, 0.2) is 60.9 Å². The van der Waals surface area contributed by atoms with Crippen LogP contribution >= 0.6 is 0 Å². The van der Waals surface area contributed by atoms with E-state index in [1.165, 1.54) is 4.90 Å². The van der Waals surface area contributed by atoms with Crippen LogP contribution in [0.2, 0.25) is 0 Å². The summed E-state index contributed by atoms with van der Waals surface area (Å²) in [4.78, 5) is 41.6. The van der Waals surface area contributed by atoms with E-state index in [4.69, 9.17) is 9.72 Å². The maximum absolute atomic E-state index is 13.2. The van der Waals surface area contributed by atoms with Gasteiger partial charge in [0.15, 0.2) is 0 Å². The summed E-state index contributed by atoms with van der Waals surface area (Å²) in [5.41, 5.74) is 2.76. The Morgan fingerprint density at radius 2 is 1.90 bits per heavy atom. The number of nitrogens with one attached hydrogen (secondary N) is 1. The molecule has 2 aliphatic heterocycles. The number of aromatic nitrogens is 3. The van der Waals surface area contributed by atoms with Gasteiger partial charge in [-0.2, -0.15) is 0 Å². The topological polar surface area (TPSA) is 121 Å². The van der Waals surface area contributed by atoms with Gasteiger partial charge in [0.05, 0.1) is 16.9 Å². The van der Waals surface area contributed by atoms with E-state index in [0.29, 0.717) is 48.5 Å². The minimum atomic E-state index is -0.917. The van der Waals surface area contributed by atoms with Gasteiger partial charge in [-0.15, -0.1) is 0 Å². The van der Waals surface area contributed by atoms with Gasteiger partial charge in [0.1, 0.15) is 5.75 Å². The van der Waals surface area contributed by atoms with Gasteiger partial charge in [-0.25, -0.2) is 19.7 Å². The van der Waals surface area contributed by atoms with Gasteiger partial charge in [-0.05, 0) is 56.0 Å². The number of likely N-dealkylation sites (tertiary alicyclic amines) is 1. The molecule has 6 rings (SSSR count). The molecule has 0 spiro atoms. The predicted molar refractivity (Wildman–Crippen MR) is 161 cm³/mol. The normalized spacial score (nSPS) is 18.4. The monoisotopic (exact) mass is 566 g/mol. The number of aryl methyl sites for hydroxylation is 1. The van der Waals surface area contributed by atoms with Crippen LogP contribution in [0.25, 0.3) is 22.0 Å². The van der Waals surface area contributed by atoms with Gasteiger partial charge in [0.25, 0.3) is 0 Å². The first-order chi connectivity index (χ1) is 20.2. The Labute approximate surface area is 244 Å². The summed E-state index contributed by atoms with van der Waals surface area (Å²) in [6.45, 7) is 7.58. The van der Waals surface area contributed by atoms with Crippen molar-refractivity contribution in [3.63, 3.8) is 0 Å². The maximum atomic E-state index is 13.2. The van der Waals surface area contributed by atoms with Crippen molar-refractivity contribution >= 4 is 34.4 Å². The number of hydrogen-bond acceptors (Lipinski definition) is 7. The van der Waals surface area contributed by atoms with E-state index in [-0.39, 0.29) is 17.4 Å². The third-order valence-corrected chi connectivity index (χ3v) is 8.19. The van der Waals surface area contributed by atoms with Gasteiger partial charge in [0, 0.05) is 54.3 Å². The molecule has 0 bridgehead atoms. The zero-order valence-corrected chi connectivity index (χ0v) is 24.0. The quantitative estimate of drug-likeness (QED) is 0.287. The molecule has 4 heterocycles. The Morgan fingerprint density at radius 3 is 2.69 bits per heavy atom. The van der Waals surface area contributed by atoms with E-state index in [1.807, 2.05) is 68.1 Å². The van der Waals surface area contributed by atoms with Crippen LogP contribution in [-0.2, 0) is 4.79 Å². The first kappa shape index (κ1) is 27.4. The lowest BCUT2D eigenvalue weighted by Gasteiger charge is -2.31. The maximum Gasteiger partial charge on any atom is 0.407 e. The Kier molecular flexibility index (Phi) is 7.14. The summed E-state index contributed by atoms with van der Waals surface area (Å²) in [6, 6.07) is 15.5. The van der Waals surface area contributed by atoms with Crippen molar-refractivity contribution < 1.29 is 19.4 Å². The summed E-state index contributed by atoms with van der Waals surface area (Å²) in [6.07, 6.45) is 4.85. The molecule has 2 N–H and O–H groups in total. The van der Waals surface area contributed by atoms with E-state index < -0.39 is 6.09 Å². The average Bonchev–Trinajstić information content (AvgIpc) is 3.26. The summed E-state index contributed by atoms with van der Waals surface area (Å²) in [7, 11) is 0. The molecule has 2 aliphatic rings. The highest BCUT2D eigenvalue weighted by Gasteiger charge is 2.39. The second-order valence-corrected chi connectivity index (χ2v) is 11.6. The molecule has 2 amide bonds. The fraction of sp³-hybridized carbons (Fsp3) is 0.344. The molecular formula is C32H34N6O4. The van der Waals surface area contributed by atoms with Gasteiger partial charge in [-0.1, -0.05) is 38.1 Å². The number of rotatable bonds is 6. The third-order valence-electron chi connectivity index (χ3n) is 8.19. The SMILES string of the molecule is Cc1ccc2c(N3CCC(C)(C)C3=O)cccc2c1Oc1ncccc1-c1ccnc(NC2CCCN(C(=O)O)C2)n1. The van der Waals surface area contributed by atoms with Crippen molar-refractivity contribution in [2.75, 3.05) is 29.9 Å². The number of amides is 2. The third kappa shape index (κ3) is 5.20. The molecule has 4 aromatic rings. The predicted octanol–water partition coefficient (Wildman–Crippen LogP) is 6.11. The number of carboxylic acid groups (broad SMARTS) is 1. The molecule has 2 fully saturated rings. The first-order valence-electron chi connectivity index (χ1n) is 14.3. The second-order valence-electron chi connectivity index (χ2n) is 11.6. The lowest BCUT2D eigenvalue weighted by atomic mass is 9.92. The minimum absolute atomic E-state index is 0.0738. The van der Waals surface area contributed by atoms with Crippen molar-refractivity contribution in [2.24, 2.45) is 5.41 Å². The Hall–Kier alpha value is -4.73. The molecule has 1 atom stereocenters. The molecule has 10 nitrogen and oxygen atoms in total. The largest absolute Gasteiger partial charge is 0.465 e. The smallest absolute Gasteiger partial charge is 0.407 e. The molecule has 0 saturated carbocycles. The second kappa shape index (κ2) is 10.9. The molecular weight excluding hydrogens is 532 g/mol. The van der Waals surface area contributed by atoms with Gasteiger partial charge in [0.2, 0.25) is 17.7 Å². The number of benzene rings is 2. The molecule has 2 saturated heterocycles. The van der Waals surface area contributed by atoms with Crippen molar-refractivity contribution in [3.05, 3.63) is 66.5 Å². The highest BCUT2D eigenvalue weighted by atomic mass is 16.5. The summed E-state index contributed by atoms with van der Waals surface area (Å²) in [5.74, 6) is 1.62. The molecule has 0 aliphatic carbocycles. The number of hydrogen-bond donors (Lipinski definition) is 2. The molecule has 1 unspecified atom stereocenters. The van der Waals surface area contributed by atoms with E-state index in [2.05, 4.69) is 15.3 Å². The Morgan fingerprint density at radius 1 is 1.05 bits per heavy atom. The highest BCUT2D eigenvalue weighted by molar-refractivity contribution is 6.08. The van der Waals surface area contributed by atoms with E-state index in [1.54, 1.807) is 18.5 Å². The van der Waals surface area contributed by atoms with Gasteiger partial charge in [-0.3, -0.25) is 4.79 Å². The van der Waals surface area contributed by atoms with Crippen LogP contribution in [0.4, 0.5) is 16.4 Å². The summed E-state index contributed by atoms with van der Waals surface area (Å²) < 4.78 is 6.56. The summed E-state index contributed by atoms with van der Waals surface area (Å²) in [5, 5.41) is 14.5. The molecule has 0 radical (unpaired) electrons. The number of carbonyl (C=O) groups excluding carboxylic acids is 1. The number of carbonyl (C=O) groups is 2. The zero-order chi connectivity index (χ0) is 29.4. The molecule has 2 aromatic carbocycles. The highest BCUT2D eigenvalue weighted by Crippen LogP contribution is 2.42. The number of piperidine rings is 1. The fourth-order valence-electron chi connectivity index (χ4n) is 5.78. The Balaban J connectivity index is 1.31. The lowest BCUT2D eigenvalue weighted by molar-refractivity contribution is -0.123. The van der Waals surface area contributed by atoms with Gasteiger partial charge < -0.3 is 25.0 Å². The van der Waals surface area contributed by atoms with Gasteiger partial charge >= 0.3 is 6.09 Å². The molecule has 2 aromatic heterocycles. The van der Waals surface area contributed by atoms with Crippen LogP contribution in [0.5, 0.6) is 11.6 Å². The van der Waals surface area contributed by atoms with Crippen molar-refractivity contribution in [3.8, 4) is 22.9 Å². The minimum Gasteiger partial charge on any atom is -0.465 e. The molecule has 10 heteroatoms. The zero-order valence-electron chi connectivity index (χ0n) is 24.0. The number of fused-ring (bicyclic) bond motifs is 1. The average molecular weight is 567 g/mol. The Bertz CT molecular complexity index is 1670. The van der Waals surface area contributed by atoms with Crippen LogP contribution in [0, 0.1) is 12.3 Å². The van der Waals surface area contributed by atoms with Crippen molar-refractivity contribution in [1.82, 2.24) is 19.9 Å². The first-order valence-corrected chi connectivity index (χ1v) is 14.3. The summed E-state index contributed by atoms with van der Waals surface area (Å²) >= 11 is 0. The number of nitrogens with zero attached hydrogens (tertiary/aromatic N) is 5. The lowest BCUT2D eigenvalue weighted by Crippen LogP contribution is -2.44. The van der Waals surface area contributed by atoms with Crippen molar-refractivity contribution in [1.29, 1.82) is 0 Å². The standard InChI is InChI=1S/C32H34N6O4/c1-20-11-12-22-23(8-4-10-26(22)38-18-14-32(2,3)29(38)39)27(20)42-28-24(9-5-15-33-28)25-13-16-34-30(36-25)35-21-7-6-17-37(19-21)31(40)41/h4-5,8-13,15-16,21H,6-7,14,17-19H2,1-3H3,(H,40,41)(H,34,35,36). The van der Waals surface area contributed by atoms with E-state index in [0.717, 1.165) is 41.3 Å². The number of pyridine rings is 1. The van der Waals surface area contributed by atoms with Crippen LogP contribution in [0.1, 0.15) is 38.7 Å². The molecule has 216 valence electrons. The number of ether oxygens (including phenoxy) is 1. The number of anilines is 2. The molecule has 42 heavy (non-hydrogen) atoms. The van der Waals surface area contributed by atoms with Crippen LogP contribution in [-0.4, -0.2) is 62.6 Å². The van der Waals surface area contributed by atoms with E-state index in [9.17, 15) is 14.7 Å².